The number of rotatable bonds is 3. The lowest BCUT2D eigenvalue weighted by molar-refractivity contribution is 0.0524. The predicted octanol–water partition coefficient (Wildman–Crippen LogP) is 2.73. The molecule has 0 bridgehead atoms. The summed E-state index contributed by atoms with van der Waals surface area (Å²) in [6, 6.07) is 0.873. The molecule has 0 aromatic carbocycles. The Bertz CT molecular complexity index is 480. The van der Waals surface area contributed by atoms with Gasteiger partial charge < -0.3 is 9.64 Å². The van der Waals surface area contributed by atoms with E-state index in [4.69, 9.17) is 4.74 Å². The first-order valence-corrected chi connectivity index (χ1v) is 7.33. The van der Waals surface area contributed by atoms with Crippen LogP contribution < -0.4 is 4.90 Å². The molecule has 2 rings (SSSR count). The van der Waals surface area contributed by atoms with Gasteiger partial charge in [-0.15, -0.1) is 0 Å². The van der Waals surface area contributed by atoms with Gasteiger partial charge in [0.2, 0.25) is 5.95 Å². The van der Waals surface area contributed by atoms with Gasteiger partial charge in [0.05, 0.1) is 17.9 Å². The Labute approximate surface area is 120 Å². The van der Waals surface area contributed by atoms with Gasteiger partial charge in [-0.3, -0.25) is 0 Å². The van der Waals surface area contributed by atoms with Crippen molar-refractivity contribution in [2.24, 2.45) is 0 Å². The van der Waals surface area contributed by atoms with Crippen molar-refractivity contribution in [1.29, 1.82) is 0 Å². The number of anilines is 1. The van der Waals surface area contributed by atoms with Crippen molar-refractivity contribution in [3.05, 3.63) is 17.5 Å². The molecule has 1 aliphatic heterocycles. The number of nitrogens with zero attached hydrogens (tertiary/aromatic N) is 3. The Morgan fingerprint density at radius 2 is 2.05 bits per heavy atom. The minimum Gasteiger partial charge on any atom is -0.462 e. The van der Waals surface area contributed by atoms with Crippen LogP contribution in [0.15, 0.2) is 6.20 Å². The van der Waals surface area contributed by atoms with Gasteiger partial charge in [0, 0.05) is 18.3 Å². The fourth-order valence-electron chi connectivity index (χ4n) is 2.80. The van der Waals surface area contributed by atoms with E-state index >= 15 is 0 Å². The van der Waals surface area contributed by atoms with Crippen LogP contribution in [0.4, 0.5) is 5.95 Å². The van der Waals surface area contributed by atoms with E-state index in [1.165, 1.54) is 6.42 Å². The molecule has 1 saturated heterocycles. The summed E-state index contributed by atoms with van der Waals surface area (Å²) in [5, 5.41) is 0. The highest BCUT2D eigenvalue weighted by Gasteiger charge is 2.27. The first kappa shape index (κ1) is 14.8. The van der Waals surface area contributed by atoms with E-state index in [0.717, 1.165) is 18.8 Å². The summed E-state index contributed by atoms with van der Waals surface area (Å²) in [5.41, 5.74) is 1.13. The van der Waals surface area contributed by atoms with Crippen molar-refractivity contribution in [3.8, 4) is 0 Å². The molecule has 0 aliphatic carbocycles. The number of hydrogen-bond acceptors (Lipinski definition) is 5. The van der Waals surface area contributed by atoms with Gasteiger partial charge in [0.15, 0.2) is 0 Å². The third kappa shape index (κ3) is 2.92. The Hall–Kier alpha value is -1.65. The van der Waals surface area contributed by atoms with Gasteiger partial charge in [-0.05, 0) is 47.0 Å². The maximum Gasteiger partial charge on any atom is 0.341 e. The third-order valence-electron chi connectivity index (χ3n) is 3.89. The molecule has 5 nitrogen and oxygen atoms in total. The topological polar surface area (TPSA) is 55.3 Å². The lowest BCUT2D eigenvalue weighted by atomic mass is 9.98. The maximum atomic E-state index is 11.8. The number of carbonyl (C=O) groups is 1. The normalized spacial score (nSPS) is 22.7. The second kappa shape index (κ2) is 6.20. The van der Waals surface area contributed by atoms with Gasteiger partial charge in [-0.25, -0.2) is 14.8 Å². The standard InChI is InChI=1S/C15H23N3O2/c1-5-20-14(19)13-9-16-15(17-12(13)4)18-10(2)7-6-8-11(18)3/h9-11H,5-8H2,1-4H3. The molecule has 20 heavy (non-hydrogen) atoms. The molecular weight excluding hydrogens is 254 g/mol. The summed E-state index contributed by atoms with van der Waals surface area (Å²) in [6.07, 6.45) is 5.15. The SMILES string of the molecule is CCOC(=O)c1cnc(N2C(C)CCCC2C)nc1C. The van der Waals surface area contributed by atoms with Crippen LogP contribution in [0.1, 0.15) is 56.1 Å². The van der Waals surface area contributed by atoms with Crippen LogP contribution in [0.3, 0.4) is 0 Å². The molecule has 0 amide bonds. The van der Waals surface area contributed by atoms with Crippen LogP contribution in [-0.2, 0) is 4.74 Å². The Balaban J connectivity index is 2.26. The van der Waals surface area contributed by atoms with E-state index in [0.29, 0.717) is 29.9 Å². The van der Waals surface area contributed by atoms with E-state index in [9.17, 15) is 4.79 Å². The van der Waals surface area contributed by atoms with Crippen LogP contribution in [0, 0.1) is 6.92 Å². The molecule has 1 fully saturated rings. The highest BCUT2D eigenvalue weighted by molar-refractivity contribution is 5.90. The van der Waals surface area contributed by atoms with Gasteiger partial charge in [-0.1, -0.05) is 0 Å². The largest absolute Gasteiger partial charge is 0.462 e. The molecule has 0 saturated carbocycles. The van der Waals surface area contributed by atoms with Crippen molar-refractivity contribution in [1.82, 2.24) is 9.97 Å². The van der Waals surface area contributed by atoms with E-state index in [-0.39, 0.29) is 5.97 Å². The smallest absolute Gasteiger partial charge is 0.341 e. The number of aryl methyl sites for hydroxylation is 1. The van der Waals surface area contributed by atoms with Crippen molar-refractivity contribution >= 4 is 11.9 Å². The molecule has 110 valence electrons. The zero-order valence-electron chi connectivity index (χ0n) is 12.7. The Morgan fingerprint density at radius 1 is 1.40 bits per heavy atom. The molecule has 1 aromatic heterocycles. The van der Waals surface area contributed by atoms with Crippen molar-refractivity contribution < 1.29 is 9.53 Å². The van der Waals surface area contributed by atoms with Crippen LogP contribution >= 0.6 is 0 Å². The second-order valence-electron chi connectivity index (χ2n) is 5.43. The molecule has 5 heteroatoms. The fraction of sp³-hybridized carbons (Fsp3) is 0.667. The highest BCUT2D eigenvalue weighted by atomic mass is 16.5. The van der Waals surface area contributed by atoms with Gasteiger partial charge >= 0.3 is 5.97 Å². The first-order chi connectivity index (χ1) is 9.54. The number of carbonyl (C=O) groups excluding carboxylic acids is 1. The summed E-state index contributed by atoms with van der Waals surface area (Å²) in [5.74, 6) is 0.367. The molecule has 1 aliphatic rings. The molecule has 0 spiro atoms. The van der Waals surface area contributed by atoms with Gasteiger partial charge in [0.25, 0.3) is 0 Å². The van der Waals surface area contributed by atoms with Crippen LogP contribution in [0.2, 0.25) is 0 Å². The molecule has 2 atom stereocenters. The summed E-state index contributed by atoms with van der Waals surface area (Å²) < 4.78 is 5.00. The summed E-state index contributed by atoms with van der Waals surface area (Å²) in [7, 11) is 0. The summed E-state index contributed by atoms with van der Waals surface area (Å²) in [6.45, 7) is 8.39. The average molecular weight is 277 g/mol. The molecule has 0 N–H and O–H groups in total. The van der Waals surface area contributed by atoms with Crippen molar-refractivity contribution in [3.63, 3.8) is 0 Å². The zero-order chi connectivity index (χ0) is 14.7. The maximum absolute atomic E-state index is 11.8. The molecular formula is C15H23N3O2. The molecule has 0 radical (unpaired) electrons. The quantitative estimate of drug-likeness (QED) is 0.795. The van der Waals surface area contributed by atoms with Crippen LogP contribution in [-0.4, -0.2) is 34.6 Å². The third-order valence-corrected chi connectivity index (χ3v) is 3.89. The molecule has 2 heterocycles. The molecule has 2 unspecified atom stereocenters. The van der Waals surface area contributed by atoms with E-state index < -0.39 is 0 Å². The van der Waals surface area contributed by atoms with Gasteiger partial charge in [0.1, 0.15) is 0 Å². The summed E-state index contributed by atoms with van der Waals surface area (Å²) >= 11 is 0. The Kier molecular flexibility index (Phi) is 4.57. The number of hydrogen-bond donors (Lipinski definition) is 0. The highest BCUT2D eigenvalue weighted by Crippen LogP contribution is 2.26. The van der Waals surface area contributed by atoms with E-state index in [1.807, 2.05) is 6.92 Å². The summed E-state index contributed by atoms with van der Waals surface area (Å²) in [4.78, 5) is 22.9. The fourth-order valence-corrected chi connectivity index (χ4v) is 2.80. The zero-order valence-corrected chi connectivity index (χ0v) is 12.7. The Morgan fingerprint density at radius 3 is 2.60 bits per heavy atom. The van der Waals surface area contributed by atoms with Crippen molar-refractivity contribution in [2.45, 2.75) is 59.0 Å². The predicted molar refractivity (Wildman–Crippen MR) is 78.0 cm³/mol. The van der Waals surface area contributed by atoms with Crippen LogP contribution in [0.25, 0.3) is 0 Å². The van der Waals surface area contributed by atoms with E-state index in [1.54, 1.807) is 13.1 Å². The number of esters is 1. The monoisotopic (exact) mass is 277 g/mol. The van der Waals surface area contributed by atoms with E-state index in [2.05, 4.69) is 28.7 Å². The lowest BCUT2D eigenvalue weighted by Gasteiger charge is -2.39. The lowest BCUT2D eigenvalue weighted by Crippen LogP contribution is -2.45. The molecule has 1 aromatic rings. The second-order valence-corrected chi connectivity index (χ2v) is 5.43. The van der Waals surface area contributed by atoms with Gasteiger partial charge in [-0.2, -0.15) is 0 Å². The average Bonchev–Trinajstić information content (AvgIpc) is 2.38. The number of piperidine rings is 1. The minimum absolute atomic E-state index is 0.351. The minimum atomic E-state index is -0.351. The number of aromatic nitrogens is 2. The first-order valence-electron chi connectivity index (χ1n) is 7.33. The van der Waals surface area contributed by atoms with Crippen molar-refractivity contribution in [2.75, 3.05) is 11.5 Å². The number of ether oxygens (including phenoxy) is 1. The van der Waals surface area contributed by atoms with Crippen LogP contribution in [0.5, 0.6) is 0 Å².